The monoisotopic (exact) mass is 283 g/mol. The molecule has 0 aliphatic carbocycles. The zero-order chi connectivity index (χ0) is 14.5. The average molecular weight is 283 g/mol. The van der Waals surface area contributed by atoms with Crippen molar-refractivity contribution in [2.45, 2.75) is 32.2 Å². The third-order valence-corrected chi connectivity index (χ3v) is 3.54. The molecule has 19 heavy (non-hydrogen) atoms. The van der Waals surface area contributed by atoms with Gasteiger partial charge in [0.15, 0.2) is 0 Å². The Morgan fingerprint density at radius 2 is 1.95 bits per heavy atom. The molecule has 0 aliphatic rings. The van der Waals surface area contributed by atoms with Gasteiger partial charge in [-0.25, -0.2) is 9.18 Å². The molecule has 0 atom stereocenters. The van der Waals surface area contributed by atoms with Gasteiger partial charge in [0.1, 0.15) is 5.82 Å². The van der Waals surface area contributed by atoms with Crippen LogP contribution in [0.3, 0.4) is 0 Å². The minimum Gasteiger partial charge on any atom is -0.391 e. The fourth-order valence-corrected chi connectivity index (χ4v) is 2.11. The topological polar surface area (TPSA) is 67.2 Å². The van der Waals surface area contributed by atoms with Crippen molar-refractivity contribution in [3.05, 3.63) is 30.1 Å². The molecule has 0 aromatic heterocycles. The highest BCUT2D eigenvalue weighted by Crippen LogP contribution is 2.17. The molecule has 0 radical (unpaired) electrons. The Balaban J connectivity index is 2.80. The standard InChI is InChI=1S/C13H18FN3OS/c1-3-13(4-2,11(15)19)17-12(18)16-10-8-6-5-7-9(10)14/h5-8H,3-4H2,1-2H3,(H2,15,19)(H2,16,17,18). The molecule has 0 heterocycles. The highest BCUT2D eigenvalue weighted by molar-refractivity contribution is 7.80. The van der Waals surface area contributed by atoms with Crippen LogP contribution in [0.15, 0.2) is 24.3 Å². The quantitative estimate of drug-likeness (QED) is 0.728. The molecule has 104 valence electrons. The van der Waals surface area contributed by atoms with Gasteiger partial charge in [-0.2, -0.15) is 0 Å². The summed E-state index contributed by atoms with van der Waals surface area (Å²) in [7, 11) is 0. The van der Waals surface area contributed by atoms with Crippen molar-refractivity contribution in [1.82, 2.24) is 5.32 Å². The summed E-state index contributed by atoms with van der Waals surface area (Å²) < 4.78 is 13.4. The lowest BCUT2D eigenvalue weighted by Crippen LogP contribution is -2.57. The maximum atomic E-state index is 13.4. The summed E-state index contributed by atoms with van der Waals surface area (Å²) in [6.07, 6.45) is 1.15. The zero-order valence-electron chi connectivity index (χ0n) is 11.0. The largest absolute Gasteiger partial charge is 0.391 e. The van der Waals surface area contributed by atoms with E-state index in [-0.39, 0.29) is 10.7 Å². The van der Waals surface area contributed by atoms with Crippen LogP contribution < -0.4 is 16.4 Å². The molecule has 0 fully saturated rings. The number of halogens is 1. The second-order valence-electron chi connectivity index (χ2n) is 4.21. The van der Waals surface area contributed by atoms with Gasteiger partial charge in [0.25, 0.3) is 0 Å². The fraction of sp³-hybridized carbons (Fsp3) is 0.385. The van der Waals surface area contributed by atoms with E-state index in [2.05, 4.69) is 10.6 Å². The highest BCUT2D eigenvalue weighted by Gasteiger charge is 2.31. The first-order valence-corrected chi connectivity index (χ1v) is 6.49. The number of thiocarbonyl (C=S) groups is 1. The van der Waals surface area contributed by atoms with E-state index in [0.717, 1.165) is 0 Å². The van der Waals surface area contributed by atoms with E-state index in [4.69, 9.17) is 18.0 Å². The minimum atomic E-state index is -0.745. The summed E-state index contributed by atoms with van der Waals surface area (Å²) in [5.74, 6) is -0.494. The molecule has 0 bridgehead atoms. The molecular formula is C13H18FN3OS. The number of nitrogens with one attached hydrogen (secondary N) is 2. The van der Waals surface area contributed by atoms with Crippen LogP contribution in [0, 0.1) is 5.82 Å². The summed E-state index contributed by atoms with van der Waals surface area (Å²) in [6, 6.07) is 5.42. The lowest BCUT2D eigenvalue weighted by molar-refractivity contribution is 0.243. The van der Waals surface area contributed by atoms with Gasteiger partial charge in [0.05, 0.1) is 16.2 Å². The lowest BCUT2D eigenvalue weighted by Gasteiger charge is -2.31. The van der Waals surface area contributed by atoms with Gasteiger partial charge in [-0.1, -0.05) is 38.2 Å². The number of carbonyl (C=O) groups is 1. The number of hydrogen-bond donors (Lipinski definition) is 3. The fourth-order valence-electron chi connectivity index (χ4n) is 1.77. The first-order chi connectivity index (χ1) is 8.95. The summed E-state index contributed by atoms with van der Waals surface area (Å²) in [6.45, 7) is 3.76. The third kappa shape index (κ3) is 3.64. The Kier molecular flexibility index (Phi) is 5.23. The molecule has 0 unspecified atom stereocenters. The van der Waals surface area contributed by atoms with Crippen LogP contribution in [-0.2, 0) is 0 Å². The number of carbonyl (C=O) groups excluding carboxylic acids is 1. The molecule has 0 spiro atoms. The predicted molar refractivity (Wildman–Crippen MR) is 78.7 cm³/mol. The van der Waals surface area contributed by atoms with Crippen LogP contribution in [0.5, 0.6) is 0 Å². The van der Waals surface area contributed by atoms with E-state index in [0.29, 0.717) is 12.8 Å². The molecule has 6 heteroatoms. The third-order valence-electron chi connectivity index (χ3n) is 3.15. The minimum absolute atomic E-state index is 0.115. The van der Waals surface area contributed by atoms with Gasteiger partial charge in [0.2, 0.25) is 0 Å². The molecule has 4 N–H and O–H groups in total. The number of para-hydroxylation sites is 1. The Bertz CT molecular complexity index is 475. The van der Waals surface area contributed by atoms with Crippen LogP contribution in [-0.4, -0.2) is 16.6 Å². The molecule has 1 aromatic rings. The summed E-state index contributed by atoms with van der Waals surface area (Å²) in [4.78, 5) is 12.1. The van der Waals surface area contributed by atoms with Gasteiger partial charge in [-0.3, -0.25) is 0 Å². The van der Waals surface area contributed by atoms with Crippen molar-refractivity contribution in [2.24, 2.45) is 5.73 Å². The van der Waals surface area contributed by atoms with E-state index < -0.39 is 17.4 Å². The molecule has 1 aromatic carbocycles. The van der Waals surface area contributed by atoms with Crippen LogP contribution in [0.1, 0.15) is 26.7 Å². The number of anilines is 1. The number of nitrogens with two attached hydrogens (primary N) is 1. The van der Waals surface area contributed by atoms with Gasteiger partial charge < -0.3 is 16.4 Å². The number of urea groups is 1. The van der Waals surface area contributed by atoms with E-state index in [1.165, 1.54) is 12.1 Å². The van der Waals surface area contributed by atoms with Crippen molar-refractivity contribution < 1.29 is 9.18 Å². The molecule has 0 saturated heterocycles. The molecule has 0 aliphatic heterocycles. The average Bonchev–Trinajstić information content (AvgIpc) is 2.38. The number of hydrogen-bond acceptors (Lipinski definition) is 2. The van der Waals surface area contributed by atoms with Crippen molar-refractivity contribution in [2.75, 3.05) is 5.32 Å². The summed E-state index contributed by atoms with van der Waals surface area (Å²) >= 11 is 5.00. The normalized spacial score (nSPS) is 10.9. The molecule has 0 saturated carbocycles. The van der Waals surface area contributed by atoms with Gasteiger partial charge in [-0.15, -0.1) is 0 Å². The van der Waals surface area contributed by atoms with Gasteiger partial charge in [-0.05, 0) is 25.0 Å². The van der Waals surface area contributed by atoms with Crippen LogP contribution in [0.4, 0.5) is 14.9 Å². The maximum absolute atomic E-state index is 13.4. The summed E-state index contributed by atoms with van der Waals surface area (Å²) in [5.41, 5.74) is 5.05. The van der Waals surface area contributed by atoms with Crippen molar-refractivity contribution in [3.8, 4) is 0 Å². The smallest absolute Gasteiger partial charge is 0.320 e. The molecule has 1 rings (SSSR count). The van der Waals surface area contributed by atoms with Crippen molar-refractivity contribution in [3.63, 3.8) is 0 Å². The first kappa shape index (κ1) is 15.4. The molecule has 4 nitrogen and oxygen atoms in total. The van der Waals surface area contributed by atoms with E-state index in [1.807, 2.05) is 13.8 Å². The van der Waals surface area contributed by atoms with Crippen molar-refractivity contribution in [1.29, 1.82) is 0 Å². The predicted octanol–water partition coefficient (Wildman–Crippen LogP) is 2.79. The van der Waals surface area contributed by atoms with Crippen LogP contribution >= 0.6 is 12.2 Å². The Morgan fingerprint density at radius 1 is 1.37 bits per heavy atom. The van der Waals surface area contributed by atoms with Gasteiger partial charge >= 0.3 is 6.03 Å². The SMILES string of the molecule is CCC(CC)(NC(=O)Nc1ccccc1F)C(N)=S. The highest BCUT2D eigenvalue weighted by atomic mass is 32.1. The Hall–Kier alpha value is -1.69. The second kappa shape index (κ2) is 6.47. The first-order valence-electron chi connectivity index (χ1n) is 6.08. The number of benzene rings is 1. The van der Waals surface area contributed by atoms with E-state index >= 15 is 0 Å². The molecule has 2 amide bonds. The van der Waals surface area contributed by atoms with Crippen molar-refractivity contribution >= 4 is 28.9 Å². The van der Waals surface area contributed by atoms with Crippen LogP contribution in [0.25, 0.3) is 0 Å². The second-order valence-corrected chi connectivity index (χ2v) is 4.65. The Labute approximate surface area is 117 Å². The zero-order valence-corrected chi connectivity index (χ0v) is 11.8. The number of amides is 2. The van der Waals surface area contributed by atoms with Crippen LogP contribution in [0.2, 0.25) is 0 Å². The van der Waals surface area contributed by atoms with Gasteiger partial charge in [0, 0.05) is 0 Å². The van der Waals surface area contributed by atoms with E-state index in [1.54, 1.807) is 12.1 Å². The maximum Gasteiger partial charge on any atom is 0.320 e. The number of rotatable bonds is 5. The Morgan fingerprint density at radius 3 is 2.42 bits per heavy atom. The lowest BCUT2D eigenvalue weighted by atomic mass is 9.93. The summed E-state index contributed by atoms with van der Waals surface area (Å²) in [5, 5.41) is 5.17. The molecular weight excluding hydrogens is 265 g/mol. The van der Waals surface area contributed by atoms with E-state index in [9.17, 15) is 9.18 Å².